The molecule has 29 heavy (non-hydrogen) atoms. The molecule has 0 bridgehead atoms. The second-order valence-electron chi connectivity index (χ2n) is 6.46. The van der Waals surface area contributed by atoms with Crippen LogP contribution < -0.4 is 20.1 Å². The van der Waals surface area contributed by atoms with Gasteiger partial charge >= 0.3 is 0 Å². The zero-order valence-corrected chi connectivity index (χ0v) is 16.7. The molecule has 0 radical (unpaired) electrons. The van der Waals surface area contributed by atoms with Gasteiger partial charge in [0, 0.05) is 11.9 Å². The van der Waals surface area contributed by atoms with Gasteiger partial charge in [-0.15, -0.1) is 0 Å². The van der Waals surface area contributed by atoms with E-state index in [0.29, 0.717) is 24.0 Å². The summed E-state index contributed by atoms with van der Waals surface area (Å²) in [6.07, 6.45) is 1.57. The fourth-order valence-electron chi connectivity index (χ4n) is 2.59. The first-order valence-electron chi connectivity index (χ1n) is 9.45. The minimum absolute atomic E-state index is 0.0325. The highest BCUT2D eigenvalue weighted by atomic mass is 16.5. The smallest absolute Gasteiger partial charge is 0.274 e. The Hall–Kier alpha value is -3.61. The predicted molar refractivity (Wildman–Crippen MR) is 113 cm³/mol. The Morgan fingerprint density at radius 2 is 1.83 bits per heavy atom. The van der Waals surface area contributed by atoms with Crippen molar-refractivity contribution < 1.29 is 14.3 Å². The molecule has 1 heterocycles. The van der Waals surface area contributed by atoms with Crippen LogP contribution in [0.4, 0.5) is 17.3 Å². The van der Waals surface area contributed by atoms with Gasteiger partial charge in [0.15, 0.2) is 0 Å². The highest BCUT2D eigenvalue weighted by Gasteiger charge is 2.11. The first-order chi connectivity index (χ1) is 14.0. The molecule has 0 fully saturated rings. The second kappa shape index (κ2) is 9.54. The van der Waals surface area contributed by atoms with Crippen LogP contribution >= 0.6 is 0 Å². The zero-order valence-electron chi connectivity index (χ0n) is 16.7. The lowest BCUT2D eigenvalue weighted by molar-refractivity contribution is 0.102. The van der Waals surface area contributed by atoms with Crippen LogP contribution in [0.1, 0.15) is 31.3 Å². The van der Waals surface area contributed by atoms with E-state index < -0.39 is 0 Å². The fourth-order valence-corrected chi connectivity index (χ4v) is 2.59. The van der Waals surface area contributed by atoms with Gasteiger partial charge in [0.05, 0.1) is 18.4 Å². The van der Waals surface area contributed by atoms with Crippen LogP contribution in [0.3, 0.4) is 0 Å². The molecule has 2 N–H and O–H groups in total. The van der Waals surface area contributed by atoms with E-state index in [2.05, 4.69) is 20.6 Å². The molecular weight excluding hydrogens is 368 g/mol. The van der Waals surface area contributed by atoms with Crippen LogP contribution in [-0.2, 0) is 0 Å². The summed E-state index contributed by atoms with van der Waals surface area (Å²) in [7, 11) is 0. The molecule has 150 valence electrons. The van der Waals surface area contributed by atoms with Gasteiger partial charge in [0.1, 0.15) is 17.2 Å². The summed E-state index contributed by atoms with van der Waals surface area (Å²) >= 11 is 0. The monoisotopic (exact) mass is 392 g/mol. The van der Waals surface area contributed by atoms with E-state index in [0.717, 1.165) is 11.4 Å². The normalized spacial score (nSPS) is 10.5. The molecule has 0 aliphatic carbocycles. The van der Waals surface area contributed by atoms with Crippen molar-refractivity contribution in [3.8, 4) is 11.5 Å². The highest BCUT2D eigenvalue weighted by molar-refractivity contribution is 6.03. The van der Waals surface area contributed by atoms with Gasteiger partial charge in [0.25, 0.3) is 5.91 Å². The average molecular weight is 392 g/mol. The molecule has 1 amide bonds. The standard InChI is InChI=1S/C22H24N4O3/c1-4-28-17-11-9-16(10-12-17)24-21(27)19-13-14-23-22(26-19)25-18-7-5-6-8-20(18)29-15(2)3/h5-15H,4H2,1-3H3,(H,24,27)(H,23,25,26). The van der Waals surface area contributed by atoms with Crippen LogP contribution in [0.25, 0.3) is 0 Å². The molecular formula is C22H24N4O3. The predicted octanol–water partition coefficient (Wildman–Crippen LogP) is 4.66. The summed E-state index contributed by atoms with van der Waals surface area (Å²) < 4.78 is 11.2. The Morgan fingerprint density at radius 1 is 1.07 bits per heavy atom. The lowest BCUT2D eigenvalue weighted by Crippen LogP contribution is -2.15. The van der Waals surface area contributed by atoms with Crippen LogP contribution in [0.15, 0.2) is 60.8 Å². The molecule has 3 aromatic rings. The maximum absolute atomic E-state index is 12.6. The summed E-state index contributed by atoms with van der Waals surface area (Å²) in [6.45, 7) is 6.43. The zero-order chi connectivity index (χ0) is 20.6. The van der Waals surface area contributed by atoms with E-state index in [9.17, 15) is 4.79 Å². The number of hydrogen-bond acceptors (Lipinski definition) is 6. The third kappa shape index (κ3) is 5.68. The molecule has 7 heteroatoms. The van der Waals surface area contributed by atoms with E-state index in [1.807, 2.05) is 45.0 Å². The highest BCUT2D eigenvalue weighted by Crippen LogP contribution is 2.27. The van der Waals surface area contributed by atoms with Gasteiger partial charge in [-0.25, -0.2) is 9.97 Å². The van der Waals surface area contributed by atoms with Crippen molar-refractivity contribution in [2.75, 3.05) is 17.2 Å². The number of anilines is 3. The molecule has 2 aromatic carbocycles. The minimum atomic E-state index is -0.327. The maximum atomic E-state index is 12.6. The first-order valence-corrected chi connectivity index (χ1v) is 9.45. The molecule has 0 unspecified atom stereocenters. The van der Waals surface area contributed by atoms with Crippen molar-refractivity contribution in [3.05, 3.63) is 66.5 Å². The summed E-state index contributed by atoms with van der Waals surface area (Å²) in [4.78, 5) is 21.1. The van der Waals surface area contributed by atoms with Crippen molar-refractivity contribution in [2.45, 2.75) is 26.9 Å². The van der Waals surface area contributed by atoms with E-state index >= 15 is 0 Å². The third-order valence-corrected chi connectivity index (χ3v) is 3.81. The Bertz CT molecular complexity index is 958. The second-order valence-corrected chi connectivity index (χ2v) is 6.46. The molecule has 0 aliphatic rings. The van der Waals surface area contributed by atoms with Crippen molar-refractivity contribution in [3.63, 3.8) is 0 Å². The van der Waals surface area contributed by atoms with Gasteiger partial charge in [-0.05, 0) is 63.2 Å². The lowest BCUT2D eigenvalue weighted by atomic mass is 10.3. The van der Waals surface area contributed by atoms with Gasteiger partial charge in [-0.2, -0.15) is 0 Å². The van der Waals surface area contributed by atoms with Crippen molar-refractivity contribution in [1.29, 1.82) is 0 Å². The van der Waals surface area contributed by atoms with Gasteiger partial charge in [0.2, 0.25) is 5.95 Å². The molecule has 0 spiro atoms. The largest absolute Gasteiger partial charge is 0.494 e. The quantitative estimate of drug-likeness (QED) is 0.580. The number of aromatic nitrogens is 2. The number of para-hydroxylation sites is 2. The number of amides is 1. The van der Waals surface area contributed by atoms with Crippen LogP contribution in [-0.4, -0.2) is 28.6 Å². The third-order valence-electron chi connectivity index (χ3n) is 3.81. The SMILES string of the molecule is CCOc1ccc(NC(=O)c2ccnc(Nc3ccccc3OC(C)C)n2)cc1. The van der Waals surface area contributed by atoms with Crippen LogP contribution in [0.5, 0.6) is 11.5 Å². The van der Waals surface area contributed by atoms with E-state index in [1.165, 1.54) is 6.20 Å². The molecule has 0 saturated heterocycles. The first kappa shape index (κ1) is 20.1. The number of carbonyl (C=O) groups is 1. The van der Waals surface area contributed by atoms with Crippen molar-refractivity contribution >= 4 is 23.2 Å². The number of carbonyl (C=O) groups excluding carboxylic acids is 1. The Balaban J connectivity index is 1.71. The van der Waals surface area contributed by atoms with Gasteiger partial charge < -0.3 is 20.1 Å². The van der Waals surface area contributed by atoms with E-state index in [-0.39, 0.29) is 17.7 Å². The van der Waals surface area contributed by atoms with E-state index in [4.69, 9.17) is 9.47 Å². The number of rotatable bonds is 8. The summed E-state index contributed by atoms with van der Waals surface area (Å²) in [5, 5.41) is 5.93. The Labute approximate surface area is 170 Å². The number of ether oxygens (including phenoxy) is 2. The fraction of sp³-hybridized carbons (Fsp3) is 0.227. The van der Waals surface area contributed by atoms with Crippen LogP contribution in [0.2, 0.25) is 0 Å². The van der Waals surface area contributed by atoms with Crippen molar-refractivity contribution in [2.24, 2.45) is 0 Å². The number of nitrogens with zero attached hydrogens (tertiary/aromatic N) is 2. The van der Waals surface area contributed by atoms with Gasteiger partial charge in [-0.1, -0.05) is 12.1 Å². The Morgan fingerprint density at radius 3 is 2.55 bits per heavy atom. The number of hydrogen-bond donors (Lipinski definition) is 2. The van der Waals surface area contributed by atoms with Gasteiger partial charge in [-0.3, -0.25) is 4.79 Å². The number of benzene rings is 2. The topological polar surface area (TPSA) is 85.4 Å². The maximum Gasteiger partial charge on any atom is 0.274 e. The van der Waals surface area contributed by atoms with E-state index in [1.54, 1.807) is 30.3 Å². The molecule has 3 rings (SSSR count). The Kier molecular flexibility index (Phi) is 6.63. The van der Waals surface area contributed by atoms with Crippen molar-refractivity contribution in [1.82, 2.24) is 9.97 Å². The summed E-state index contributed by atoms with van der Waals surface area (Å²) in [6, 6.07) is 16.2. The minimum Gasteiger partial charge on any atom is -0.494 e. The van der Waals surface area contributed by atoms with Crippen LogP contribution in [0, 0.1) is 0 Å². The summed E-state index contributed by atoms with van der Waals surface area (Å²) in [5.74, 6) is 1.42. The molecule has 0 saturated carbocycles. The number of nitrogens with one attached hydrogen (secondary N) is 2. The molecule has 0 atom stereocenters. The lowest BCUT2D eigenvalue weighted by Gasteiger charge is -2.14. The molecule has 0 aliphatic heterocycles. The molecule has 1 aromatic heterocycles. The average Bonchev–Trinajstić information content (AvgIpc) is 2.71. The summed E-state index contributed by atoms with van der Waals surface area (Å²) in [5.41, 5.74) is 1.63. The molecule has 7 nitrogen and oxygen atoms in total.